The van der Waals surface area contributed by atoms with Gasteiger partial charge in [0.2, 0.25) is 0 Å². The largest absolute Gasteiger partial charge is 0.494 e. The van der Waals surface area contributed by atoms with Crippen molar-refractivity contribution in [3.05, 3.63) is 131 Å². The van der Waals surface area contributed by atoms with Gasteiger partial charge in [-0.05, 0) is 85.6 Å². The van der Waals surface area contributed by atoms with E-state index in [4.69, 9.17) is 4.74 Å². The van der Waals surface area contributed by atoms with Crippen LogP contribution in [-0.4, -0.2) is 30.0 Å². The van der Waals surface area contributed by atoms with Gasteiger partial charge in [-0.25, -0.2) is 0 Å². The van der Waals surface area contributed by atoms with Gasteiger partial charge in [0.15, 0.2) is 5.78 Å². The molecule has 0 atom stereocenters. The molecule has 2 amide bonds. The lowest BCUT2D eigenvalue weighted by Gasteiger charge is -2.13. The van der Waals surface area contributed by atoms with Crippen molar-refractivity contribution in [1.29, 1.82) is 0 Å². The molecule has 0 aromatic heterocycles. The molecule has 0 unspecified atom stereocenters. The fourth-order valence-corrected chi connectivity index (χ4v) is 4.69. The van der Waals surface area contributed by atoms with E-state index in [1.165, 1.54) is 11.8 Å². The second-order valence-corrected chi connectivity index (χ2v) is 9.93. The Morgan fingerprint density at radius 1 is 0.825 bits per heavy atom. The predicted molar refractivity (Wildman–Crippen MR) is 161 cm³/mol. The number of nitrogens with one attached hydrogen (secondary N) is 2. The Morgan fingerprint density at radius 3 is 2.27 bits per heavy atom. The maximum Gasteiger partial charge on any atom is 0.272 e. The molecule has 0 heterocycles. The summed E-state index contributed by atoms with van der Waals surface area (Å²) < 4.78 is 5.44. The van der Waals surface area contributed by atoms with E-state index < -0.39 is 5.91 Å². The van der Waals surface area contributed by atoms with Crippen LogP contribution in [0, 0.1) is 6.92 Å². The van der Waals surface area contributed by atoms with Crippen LogP contribution in [0.1, 0.15) is 38.8 Å². The van der Waals surface area contributed by atoms with Gasteiger partial charge < -0.3 is 15.4 Å². The zero-order chi connectivity index (χ0) is 28.3. The van der Waals surface area contributed by atoms with Crippen molar-refractivity contribution >= 4 is 41.1 Å². The molecule has 0 spiro atoms. The molecule has 6 nitrogen and oxygen atoms in total. The topological polar surface area (TPSA) is 84.5 Å². The molecule has 0 saturated carbocycles. The lowest BCUT2D eigenvalue weighted by Crippen LogP contribution is -2.30. The van der Waals surface area contributed by atoms with Crippen LogP contribution in [0.4, 0.5) is 5.69 Å². The van der Waals surface area contributed by atoms with Crippen LogP contribution in [0.15, 0.2) is 114 Å². The number of Topliss-reactive ketones (excluding diaryl/α,β-unsaturated/α-hetero) is 1. The highest BCUT2D eigenvalue weighted by atomic mass is 32.2. The number of hydrogen-bond acceptors (Lipinski definition) is 5. The summed E-state index contributed by atoms with van der Waals surface area (Å²) in [6.45, 7) is 4.42. The van der Waals surface area contributed by atoms with Crippen LogP contribution in [-0.2, 0) is 4.79 Å². The zero-order valence-corrected chi connectivity index (χ0v) is 23.2. The van der Waals surface area contributed by atoms with E-state index in [0.717, 1.165) is 21.8 Å². The van der Waals surface area contributed by atoms with Gasteiger partial charge in [-0.2, -0.15) is 0 Å². The average Bonchev–Trinajstić information content (AvgIpc) is 2.98. The van der Waals surface area contributed by atoms with Crippen LogP contribution in [0.3, 0.4) is 0 Å². The Labute approximate surface area is 238 Å². The lowest BCUT2D eigenvalue weighted by atomic mass is 10.1. The molecule has 0 aliphatic heterocycles. The third kappa shape index (κ3) is 7.94. The Bertz CT molecular complexity index is 1520. The molecule has 7 heteroatoms. The minimum atomic E-state index is -0.458. The van der Waals surface area contributed by atoms with Gasteiger partial charge in [0.1, 0.15) is 11.4 Å². The predicted octanol–water partition coefficient (Wildman–Crippen LogP) is 6.78. The van der Waals surface area contributed by atoms with Gasteiger partial charge in [-0.15, -0.1) is 11.8 Å². The fourth-order valence-electron chi connectivity index (χ4n) is 3.84. The van der Waals surface area contributed by atoms with E-state index in [2.05, 4.69) is 10.6 Å². The number of amides is 2. The van der Waals surface area contributed by atoms with Crippen molar-refractivity contribution in [1.82, 2.24) is 5.32 Å². The summed E-state index contributed by atoms with van der Waals surface area (Å²) in [5, 5.41) is 5.65. The highest BCUT2D eigenvalue weighted by Gasteiger charge is 2.16. The normalized spacial score (nSPS) is 11.0. The molecule has 4 aromatic carbocycles. The molecule has 2 N–H and O–H groups in total. The van der Waals surface area contributed by atoms with Gasteiger partial charge in [0.05, 0.1) is 12.4 Å². The summed E-state index contributed by atoms with van der Waals surface area (Å²) in [6, 6.07) is 30.7. The van der Waals surface area contributed by atoms with Gasteiger partial charge in [0, 0.05) is 21.7 Å². The number of ketones is 1. The Hall–Kier alpha value is -4.62. The molecular formula is C33H30N2O4S. The second kappa shape index (κ2) is 14.0. The maximum atomic E-state index is 13.4. The second-order valence-electron chi connectivity index (χ2n) is 8.89. The molecule has 40 heavy (non-hydrogen) atoms. The highest BCUT2D eigenvalue weighted by Crippen LogP contribution is 2.24. The van der Waals surface area contributed by atoms with Crippen molar-refractivity contribution in [3.63, 3.8) is 0 Å². The van der Waals surface area contributed by atoms with Crippen LogP contribution in [0.2, 0.25) is 0 Å². The Balaban J connectivity index is 1.46. The highest BCUT2D eigenvalue weighted by molar-refractivity contribution is 8.00. The van der Waals surface area contributed by atoms with E-state index in [-0.39, 0.29) is 23.1 Å². The van der Waals surface area contributed by atoms with E-state index in [0.29, 0.717) is 23.4 Å². The van der Waals surface area contributed by atoms with Gasteiger partial charge in [0.25, 0.3) is 11.8 Å². The summed E-state index contributed by atoms with van der Waals surface area (Å²) in [5.41, 5.74) is 3.51. The Kier molecular flexibility index (Phi) is 9.91. The number of carbonyl (C=O) groups excluding carboxylic acids is 3. The Morgan fingerprint density at radius 2 is 1.55 bits per heavy atom. The molecule has 0 aliphatic carbocycles. The van der Waals surface area contributed by atoms with Crippen molar-refractivity contribution < 1.29 is 19.1 Å². The van der Waals surface area contributed by atoms with Gasteiger partial charge in [-0.3, -0.25) is 14.4 Å². The summed E-state index contributed by atoms with van der Waals surface area (Å²) in [6.07, 6.45) is 1.67. The molecule has 0 fully saturated rings. The summed E-state index contributed by atoms with van der Waals surface area (Å²) in [7, 11) is 0. The van der Waals surface area contributed by atoms with Crippen molar-refractivity contribution in [2.75, 3.05) is 17.7 Å². The quantitative estimate of drug-likeness (QED) is 0.122. The number of carbonyl (C=O) groups is 3. The summed E-state index contributed by atoms with van der Waals surface area (Å²) in [4.78, 5) is 39.8. The van der Waals surface area contributed by atoms with Gasteiger partial charge in [-0.1, -0.05) is 48.5 Å². The van der Waals surface area contributed by atoms with E-state index in [1.54, 1.807) is 66.7 Å². The van der Waals surface area contributed by atoms with Crippen LogP contribution in [0.5, 0.6) is 5.75 Å². The maximum absolute atomic E-state index is 13.4. The average molecular weight is 551 g/mol. The molecule has 0 bridgehead atoms. The van der Waals surface area contributed by atoms with Crippen LogP contribution in [0.25, 0.3) is 6.08 Å². The smallest absolute Gasteiger partial charge is 0.272 e. The van der Waals surface area contributed by atoms with Crippen molar-refractivity contribution in [3.8, 4) is 5.75 Å². The van der Waals surface area contributed by atoms with Crippen LogP contribution < -0.4 is 15.4 Å². The summed E-state index contributed by atoms with van der Waals surface area (Å²) in [5.74, 6) is 0.130. The zero-order valence-electron chi connectivity index (χ0n) is 22.3. The number of anilines is 1. The summed E-state index contributed by atoms with van der Waals surface area (Å²) >= 11 is 1.38. The fraction of sp³-hybridized carbons (Fsp3) is 0.121. The monoisotopic (exact) mass is 550 g/mol. The minimum Gasteiger partial charge on any atom is -0.494 e. The van der Waals surface area contributed by atoms with E-state index in [1.807, 2.05) is 56.3 Å². The number of aryl methyl sites for hydroxylation is 1. The molecule has 0 saturated heterocycles. The van der Waals surface area contributed by atoms with Crippen molar-refractivity contribution in [2.45, 2.75) is 18.7 Å². The number of rotatable bonds is 11. The number of ether oxygens (including phenoxy) is 1. The third-order valence-electron chi connectivity index (χ3n) is 5.97. The molecule has 0 aliphatic rings. The molecule has 4 rings (SSSR count). The number of hydrogen-bond donors (Lipinski definition) is 2. The van der Waals surface area contributed by atoms with E-state index >= 15 is 0 Å². The van der Waals surface area contributed by atoms with Crippen molar-refractivity contribution in [2.24, 2.45) is 0 Å². The SMILES string of the molecule is CCOc1ccc(C(=O)CSc2cccc(NC(=O)/C(=C/c3ccccc3C)NC(=O)c3ccccc3)c2)cc1. The number of thioether (sulfide) groups is 1. The molecule has 202 valence electrons. The first-order chi connectivity index (χ1) is 19.4. The first-order valence-corrected chi connectivity index (χ1v) is 13.9. The van der Waals surface area contributed by atoms with Crippen LogP contribution >= 0.6 is 11.8 Å². The molecular weight excluding hydrogens is 520 g/mol. The van der Waals surface area contributed by atoms with E-state index in [9.17, 15) is 14.4 Å². The molecule has 0 radical (unpaired) electrons. The lowest BCUT2D eigenvalue weighted by molar-refractivity contribution is -0.113. The van der Waals surface area contributed by atoms with Gasteiger partial charge >= 0.3 is 0 Å². The third-order valence-corrected chi connectivity index (χ3v) is 6.96. The standard InChI is InChI=1S/C33H30N2O4S/c1-3-39-28-18-16-24(17-19-28)31(36)22-40-29-15-9-14-27(21-29)34-33(38)30(20-26-13-8-7-10-23(26)2)35-32(37)25-11-5-4-6-12-25/h4-21H,3,22H2,1-2H3,(H,34,38)(H,35,37)/b30-20-. The number of benzene rings is 4. The molecule has 4 aromatic rings. The first kappa shape index (κ1) is 28.4. The minimum absolute atomic E-state index is 0.00504. The first-order valence-electron chi connectivity index (χ1n) is 12.9.